The second kappa shape index (κ2) is 11.3. The summed E-state index contributed by atoms with van der Waals surface area (Å²) in [5.41, 5.74) is -1.16. The average Bonchev–Trinajstić information content (AvgIpc) is 3.15. The Labute approximate surface area is 275 Å². The number of phenols is 1. The van der Waals surface area contributed by atoms with Crippen LogP contribution in [0.5, 0.6) is 17.2 Å². The van der Waals surface area contributed by atoms with Gasteiger partial charge in [-0.1, -0.05) is 29.4 Å². The maximum Gasteiger partial charge on any atom is 0.298 e. The third-order valence-electron chi connectivity index (χ3n) is 10.4. The van der Waals surface area contributed by atoms with Crippen LogP contribution in [0.2, 0.25) is 0 Å². The van der Waals surface area contributed by atoms with Gasteiger partial charge in [-0.15, -0.1) is 0 Å². The van der Waals surface area contributed by atoms with Crippen LogP contribution in [0.3, 0.4) is 0 Å². The molecule has 5 atom stereocenters. The van der Waals surface area contributed by atoms with Crippen molar-refractivity contribution in [1.29, 1.82) is 0 Å². The van der Waals surface area contributed by atoms with E-state index in [1.54, 1.807) is 6.08 Å². The fourth-order valence-electron chi connectivity index (χ4n) is 8.26. The first kappa shape index (κ1) is 33.0. The minimum atomic E-state index is -1.66. The number of fused-ring (bicyclic) bond motifs is 2. The molecular weight excluding hydrogens is 600 g/mol. The van der Waals surface area contributed by atoms with Gasteiger partial charge in [-0.25, -0.2) is 0 Å². The molecule has 47 heavy (non-hydrogen) atoms. The number of carbonyl (C=O) groups is 3. The van der Waals surface area contributed by atoms with Crippen molar-refractivity contribution in [1.82, 2.24) is 0 Å². The van der Waals surface area contributed by atoms with Crippen molar-refractivity contribution in [2.75, 3.05) is 6.61 Å². The molecule has 6 aliphatic rings. The number of ether oxygens (including phenoxy) is 4. The van der Waals surface area contributed by atoms with Crippen LogP contribution < -0.4 is 9.47 Å². The molecule has 2 N–H and O–H groups in total. The molecule has 1 aromatic rings. The van der Waals surface area contributed by atoms with Crippen LogP contribution in [0.4, 0.5) is 0 Å². The molecule has 1 aromatic carbocycles. The highest BCUT2D eigenvalue weighted by molar-refractivity contribution is 6.19. The molecule has 4 bridgehead atoms. The summed E-state index contributed by atoms with van der Waals surface area (Å²) in [7, 11) is 0. The summed E-state index contributed by atoms with van der Waals surface area (Å²) >= 11 is 0. The summed E-state index contributed by atoms with van der Waals surface area (Å²) in [5, 5.41) is 21.6. The van der Waals surface area contributed by atoms with E-state index in [1.165, 1.54) is 11.6 Å². The van der Waals surface area contributed by atoms with Gasteiger partial charge in [0.25, 0.3) is 6.47 Å². The zero-order valence-electron chi connectivity index (χ0n) is 28.2. The Bertz CT molecular complexity index is 1710. The third kappa shape index (κ3) is 4.84. The third-order valence-corrected chi connectivity index (χ3v) is 10.4. The lowest BCUT2D eigenvalue weighted by Crippen LogP contribution is -2.72. The molecule has 9 nitrogen and oxygen atoms in total. The number of aliphatic hydroxyl groups excluding tert-OH is 1. The number of hydrogen-bond acceptors (Lipinski definition) is 9. The Hall–Kier alpha value is -3.95. The monoisotopic (exact) mass is 644 g/mol. The highest BCUT2D eigenvalue weighted by atomic mass is 16.6. The quantitative estimate of drug-likeness (QED) is 0.172. The molecule has 1 spiro atoms. The molecule has 250 valence electrons. The molecule has 3 aliphatic carbocycles. The molecule has 9 heteroatoms. The number of hydrogen-bond donors (Lipinski definition) is 2. The van der Waals surface area contributed by atoms with Crippen LogP contribution in [-0.2, 0) is 25.5 Å². The summed E-state index contributed by atoms with van der Waals surface area (Å²) in [6, 6.07) is 0. The van der Waals surface area contributed by atoms with Crippen LogP contribution in [-0.4, -0.2) is 57.3 Å². The molecule has 1 saturated heterocycles. The topological polar surface area (TPSA) is 129 Å². The van der Waals surface area contributed by atoms with Gasteiger partial charge < -0.3 is 29.2 Å². The zero-order chi connectivity index (χ0) is 34.1. The Kier molecular flexibility index (Phi) is 7.95. The van der Waals surface area contributed by atoms with Gasteiger partial charge in [0, 0.05) is 29.4 Å². The van der Waals surface area contributed by atoms with E-state index in [0.29, 0.717) is 36.1 Å². The molecule has 0 amide bonds. The highest BCUT2D eigenvalue weighted by Crippen LogP contribution is 2.68. The van der Waals surface area contributed by atoms with Crippen LogP contribution in [0.25, 0.3) is 6.08 Å². The first-order valence-electron chi connectivity index (χ1n) is 16.3. The maximum atomic E-state index is 14.8. The van der Waals surface area contributed by atoms with Crippen molar-refractivity contribution in [3.63, 3.8) is 0 Å². The van der Waals surface area contributed by atoms with Gasteiger partial charge in [0.1, 0.15) is 40.8 Å². The Morgan fingerprint density at radius 1 is 1.04 bits per heavy atom. The second-order valence-electron chi connectivity index (χ2n) is 14.6. The van der Waals surface area contributed by atoms with Gasteiger partial charge in [0.05, 0.1) is 11.2 Å². The number of phenolic OH excluding ortho intramolecular Hbond substituents is 1. The number of Topliss-reactive ketones (excluding diaryl/α,β-unsaturated/α-hetero) is 2. The number of ketones is 2. The molecule has 1 saturated carbocycles. The van der Waals surface area contributed by atoms with Gasteiger partial charge >= 0.3 is 0 Å². The number of rotatable bonds is 10. The van der Waals surface area contributed by atoms with Crippen molar-refractivity contribution in [3.8, 4) is 17.2 Å². The summed E-state index contributed by atoms with van der Waals surface area (Å²) in [5.74, 6) is -1.31. The summed E-state index contributed by atoms with van der Waals surface area (Å²) in [4.78, 5) is 40.2. The van der Waals surface area contributed by atoms with E-state index in [9.17, 15) is 24.6 Å². The maximum absolute atomic E-state index is 14.8. The van der Waals surface area contributed by atoms with Gasteiger partial charge in [-0.05, 0) is 92.4 Å². The van der Waals surface area contributed by atoms with Crippen LogP contribution in [0, 0.1) is 11.8 Å². The first-order valence-corrected chi connectivity index (χ1v) is 16.3. The van der Waals surface area contributed by atoms with Crippen LogP contribution >= 0.6 is 0 Å². The average molecular weight is 645 g/mol. The van der Waals surface area contributed by atoms with Crippen molar-refractivity contribution >= 4 is 24.1 Å². The Balaban J connectivity index is 1.58. The summed E-state index contributed by atoms with van der Waals surface area (Å²) in [6.07, 6.45) is 13.2. The minimum Gasteiger partial charge on any atom is -0.506 e. The minimum absolute atomic E-state index is 0.0403. The normalized spacial score (nSPS) is 30.7. The standard InChI is InChI=1S/C38H44O9/c1-21(2)9-8-14-36(7)15-13-25-30(41)29-31(42)27-17-23-18-28-35(5,6)47-37(34(23)43,16-12-24(19-39)44-20-40)38(27,28)46-33(29)26(32(25)45-36)11-10-22(3)4/h9-10,12-13,15,17,20,23,28,39,41H,8,11,14,16,18-19H2,1-7H3/t23?,28?,36-,37?,38+/m0/s1. The number of aliphatic hydroxyl groups is 1. The van der Waals surface area contributed by atoms with Crippen molar-refractivity contribution in [2.24, 2.45) is 11.8 Å². The first-order chi connectivity index (χ1) is 22.1. The van der Waals surface area contributed by atoms with E-state index >= 15 is 0 Å². The smallest absolute Gasteiger partial charge is 0.298 e. The SMILES string of the molecule is CC(C)=CCC[C@@]1(C)C=Cc2c(O)c3c(c(CC=C(C)C)c2O1)O[C@]12C(=CC4CC1C(C)(C)OC2(CC=C(CO)OC=O)C4=O)C3=O. The van der Waals surface area contributed by atoms with E-state index in [1.807, 2.05) is 52.8 Å². The molecule has 3 heterocycles. The Morgan fingerprint density at radius 2 is 1.77 bits per heavy atom. The van der Waals surface area contributed by atoms with E-state index in [2.05, 4.69) is 19.9 Å². The number of carbonyl (C=O) groups excluding carboxylic acids is 3. The molecule has 2 fully saturated rings. The van der Waals surface area contributed by atoms with Crippen LogP contribution in [0.1, 0.15) is 95.6 Å². The second-order valence-corrected chi connectivity index (χ2v) is 14.6. The molecule has 3 aliphatic heterocycles. The molecule has 3 unspecified atom stereocenters. The zero-order valence-corrected chi connectivity index (χ0v) is 28.2. The fourth-order valence-corrected chi connectivity index (χ4v) is 8.26. The van der Waals surface area contributed by atoms with Crippen molar-refractivity contribution in [2.45, 2.75) is 103 Å². The van der Waals surface area contributed by atoms with Crippen LogP contribution in [0.15, 0.2) is 52.9 Å². The molecule has 0 aromatic heterocycles. The largest absolute Gasteiger partial charge is 0.506 e. The lowest BCUT2D eigenvalue weighted by Gasteiger charge is -2.56. The van der Waals surface area contributed by atoms with Crippen molar-refractivity contribution in [3.05, 3.63) is 69.5 Å². The highest BCUT2D eigenvalue weighted by Gasteiger charge is 2.81. The molecule has 7 rings (SSSR count). The van der Waals surface area contributed by atoms with E-state index in [0.717, 1.165) is 12.0 Å². The summed E-state index contributed by atoms with van der Waals surface area (Å²) < 4.78 is 25.6. The van der Waals surface area contributed by atoms with Gasteiger partial charge in [0.2, 0.25) is 0 Å². The molecular formula is C38H44O9. The number of benzene rings is 1. The lowest BCUT2D eigenvalue weighted by molar-refractivity contribution is -0.171. The molecule has 0 radical (unpaired) electrons. The Morgan fingerprint density at radius 3 is 2.43 bits per heavy atom. The fraction of sp³-hybridized carbons (Fsp3) is 0.500. The van der Waals surface area contributed by atoms with Gasteiger partial charge in [-0.2, -0.15) is 0 Å². The predicted octanol–water partition coefficient (Wildman–Crippen LogP) is 6.26. The lowest BCUT2D eigenvalue weighted by atomic mass is 9.51. The predicted molar refractivity (Wildman–Crippen MR) is 175 cm³/mol. The van der Waals surface area contributed by atoms with Gasteiger partial charge in [-0.3, -0.25) is 14.4 Å². The van der Waals surface area contributed by atoms with Crippen molar-refractivity contribution < 1.29 is 43.5 Å². The number of aromatic hydroxyl groups is 1. The van der Waals surface area contributed by atoms with E-state index < -0.39 is 46.6 Å². The van der Waals surface area contributed by atoms with Gasteiger partial charge in [0.15, 0.2) is 22.8 Å². The summed E-state index contributed by atoms with van der Waals surface area (Å²) in [6.45, 7) is 13.5. The number of allylic oxidation sites excluding steroid dienone is 5. The van der Waals surface area contributed by atoms with E-state index in [-0.39, 0.29) is 47.1 Å². The van der Waals surface area contributed by atoms with E-state index in [4.69, 9.17) is 18.9 Å².